The Morgan fingerprint density at radius 2 is 2.38 bits per heavy atom. The molecule has 0 radical (unpaired) electrons. The van der Waals surface area contributed by atoms with Crippen LogP contribution in [-0.4, -0.2) is 22.6 Å². The zero-order chi connectivity index (χ0) is 16.7. The fourth-order valence-corrected chi connectivity index (χ4v) is 4.47. The van der Waals surface area contributed by atoms with Gasteiger partial charge in [-0.3, -0.25) is 0 Å². The molecule has 0 spiro atoms. The van der Waals surface area contributed by atoms with Crippen LogP contribution in [0.4, 0.5) is 0 Å². The van der Waals surface area contributed by atoms with E-state index in [1.165, 1.54) is 23.2 Å². The van der Waals surface area contributed by atoms with Crippen LogP contribution < -0.4 is 0 Å². The maximum atomic E-state index is 12.1. The number of ether oxygens (including phenoxy) is 1. The third-order valence-electron chi connectivity index (χ3n) is 4.64. The van der Waals surface area contributed by atoms with E-state index in [0.29, 0.717) is 18.0 Å². The molecule has 0 aliphatic heterocycles. The molecule has 0 fully saturated rings. The highest BCUT2D eigenvalue weighted by atomic mass is 32.1. The Morgan fingerprint density at radius 1 is 1.50 bits per heavy atom. The Morgan fingerprint density at radius 3 is 3.21 bits per heavy atom. The second-order valence-corrected chi connectivity index (χ2v) is 7.54. The summed E-state index contributed by atoms with van der Waals surface area (Å²) < 4.78 is 7.09. The molecule has 4 rings (SSSR count). The van der Waals surface area contributed by atoms with Crippen molar-refractivity contribution in [2.45, 2.75) is 32.7 Å². The van der Waals surface area contributed by atoms with Gasteiger partial charge in [-0.05, 0) is 42.9 Å². The number of methoxy groups -OCH3 is 1. The van der Waals surface area contributed by atoms with E-state index >= 15 is 0 Å². The molecule has 0 bridgehead atoms. The molecule has 5 heteroatoms. The van der Waals surface area contributed by atoms with Crippen molar-refractivity contribution in [2.24, 2.45) is 5.92 Å². The number of aryl methyl sites for hydroxylation is 1. The smallest absolute Gasteiger partial charge is 0.339 e. The number of hydrogen-bond donors (Lipinski definition) is 0. The van der Waals surface area contributed by atoms with E-state index in [2.05, 4.69) is 35.9 Å². The lowest BCUT2D eigenvalue weighted by Crippen LogP contribution is -2.14. The van der Waals surface area contributed by atoms with E-state index in [-0.39, 0.29) is 5.97 Å². The summed E-state index contributed by atoms with van der Waals surface area (Å²) in [4.78, 5) is 18.2. The molecule has 2 aromatic heterocycles. The lowest BCUT2D eigenvalue weighted by Gasteiger charge is -2.16. The summed E-state index contributed by atoms with van der Waals surface area (Å²) in [7, 11) is 1.44. The van der Waals surface area contributed by atoms with Crippen LogP contribution in [0.1, 0.15) is 40.2 Å². The number of allylic oxidation sites excluding steroid dienone is 2. The molecule has 0 saturated heterocycles. The molecule has 0 N–H and O–H groups in total. The molecule has 2 aliphatic rings. The predicted molar refractivity (Wildman–Crippen MR) is 95.9 cm³/mol. The van der Waals surface area contributed by atoms with Crippen LogP contribution in [0, 0.1) is 5.92 Å². The highest BCUT2D eigenvalue weighted by Gasteiger charge is 2.24. The van der Waals surface area contributed by atoms with Gasteiger partial charge < -0.3 is 9.30 Å². The van der Waals surface area contributed by atoms with Crippen molar-refractivity contribution in [3.63, 3.8) is 0 Å². The van der Waals surface area contributed by atoms with Crippen LogP contribution in [-0.2, 0) is 28.9 Å². The molecule has 1 unspecified atom stereocenters. The first-order valence-electron chi connectivity index (χ1n) is 8.29. The average molecular weight is 340 g/mol. The number of hydrogen-bond acceptors (Lipinski definition) is 4. The molecule has 2 aromatic rings. The number of rotatable bonds is 3. The first kappa shape index (κ1) is 15.4. The minimum Gasteiger partial charge on any atom is -0.465 e. The number of aromatic nitrogens is 2. The highest BCUT2D eigenvalue weighted by Crippen LogP contribution is 2.31. The van der Waals surface area contributed by atoms with Crippen LogP contribution in [0.2, 0.25) is 0 Å². The molecular formula is C19H20N2O2S. The molecule has 0 amide bonds. The van der Waals surface area contributed by atoms with Gasteiger partial charge in [0.2, 0.25) is 0 Å². The van der Waals surface area contributed by atoms with Gasteiger partial charge in [0.15, 0.2) is 0 Å². The fraction of sp³-hybridized carbons (Fsp3) is 0.368. The number of esters is 1. The van der Waals surface area contributed by atoms with Gasteiger partial charge in [-0.15, -0.1) is 11.3 Å². The molecular weight excluding hydrogens is 320 g/mol. The van der Waals surface area contributed by atoms with E-state index in [9.17, 15) is 4.79 Å². The van der Waals surface area contributed by atoms with Gasteiger partial charge >= 0.3 is 5.97 Å². The second-order valence-electron chi connectivity index (χ2n) is 6.42. The summed E-state index contributed by atoms with van der Waals surface area (Å²) in [5, 5.41) is 1.09. The van der Waals surface area contributed by atoms with E-state index in [0.717, 1.165) is 30.0 Å². The summed E-state index contributed by atoms with van der Waals surface area (Å²) in [6.07, 6.45) is 11.4. The number of carbonyl (C=O) groups is 1. The van der Waals surface area contributed by atoms with Crippen molar-refractivity contribution >= 4 is 29.0 Å². The van der Waals surface area contributed by atoms with Crippen LogP contribution >= 0.6 is 11.3 Å². The lowest BCUT2D eigenvalue weighted by molar-refractivity contribution is -0.133. The minimum atomic E-state index is -0.258. The van der Waals surface area contributed by atoms with E-state index in [4.69, 9.17) is 9.72 Å². The topological polar surface area (TPSA) is 44.1 Å². The van der Waals surface area contributed by atoms with Crippen LogP contribution in [0.3, 0.4) is 0 Å². The fourth-order valence-electron chi connectivity index (χ4n) is 3.47. The Balaban J connectivity index is 1.66. The molecule has 1 atom stereocenters. The van der Waals surface area contributed by atoms with E-state index < -0.39 is 0 Å². The first-order valence-corrected chi connectivity index (χ1v) is 9.11. The lowest BCUT2D eigenvalue weighted by atomic mass is 9.97. The third-order valence-corrected chi connectivity index (χ3v) is 5.69. The van der Waals surface area contributed by atoms with Crippen molar-refractivity contribution in [2.75, 3.05) is 7.11 Å². The summed E-state index contributed by atoms with van der Waals surface area (Å²) in [6, 6.07) is 2.11. The van der Waals surface area contributed by atoms with Gasteiger partial charge in [-0.25, -0.2) is 9.78 Å². The first-order chi connectivity index (χ1) is 11.7. The quantitative estimate of drug-likeness (QED) is 0.800. The van der Waals surface area contributed by atoms with Crippen LogP contribution in [0.15, 0.2) is 24.4 Å². The van der Waals surface area contributed by atoms with Crippen LogP contribution in [0.25, 0.3) is 11.6 Å². The molecule has 0 saturated carbocycles. The standard InChI is InChI=1S/C19H20N2O2S/c1-12-6-7-16-15(10-12)20-17(24-16)11-21-9-8-13-4-3-5-14(18(13)21)19(22)23-2/h5-9,12H,3-4,10-11H2,1-2H3. The second kappa shape index (κ2) is 6.06. The summed E-state index contributed by atoms with van der Waals surface area (Å²) >= 11 is 1.75. The molecule has 2 heterocycles. The van der Waals surface area contributed by atoms with Crippen molar-refractivity contribution in [1.29, 1.82) is 0 Å². The van der Waals surface area contributed by atoms with Crippen molar-refractivity contribution in [3.8, 4) is 0 Å². The number of thiazole rings is 1. The Bertz CT molecular complexity index is 857. The average Bonchev–Trinajstić information content (AvgIpc) is 3.17. The number of fused-ring (bicyclic) bond motifs is 2. The number of carbonyl (C=O) groups excluding carboxylic acids is 1. The predicted octanol–water partition coefficient (Wildman–Crippen LogP) is 3.70. The Hall–Kier alpha value is -2.14. The van der Waals surface area contributed by atoms with Crippen molar-refractivity contribution in [3.05, 3.63) is 51.3 Å². The molecule has 24 heavy (non-hydrogen) atoms. The van der Waals surface area contributed by atoms with E-state index in [1.54, 1.807) is 11.3 Å². The minimum absolute atomic E-state index is 0.258. The van der Waals surface area contributed by atoms with Crippen molar-refractivity contribution < 1.29 is 9.53 Å². The van der Waals surface area contributed by atoms with Gasteiger partial charge in [-0.1, -0.05) is 19.1 Å². The molecule has 124 valence electrons. The van der Waals surface area contributed by atoms with Gasteiger partial charge in [0.05, 0.1) is 35.5 Å². The molecule has 0 aromatic carbocycles. The maximum absolute atomic E-state index is 12.1. The largest absolute Gasteiger partial charge is 0.465 e. The zero-order valence-electron chi connectivity index (χ0n) is 13.9. The maximum Gasteiger partial charge on any atom is 0.339 e. The SMILES string of the molecule is COC(=O)C1=CCCc2ccn(Cc3nc4c(s3)C=CC(C)C4)c21. The van der Waals surface area contributed by atoms with E-state index in [1.807, 2.05) is 6.08 Å². The summed E-state index contributed by atoms with van der Waals surface area (Å²) in [5.74, 6) is 0.298. The zero-order valence-corrected chi connectivity index (χ0v) is 14.7. The third kappa shape index (κ3) is 2.63. The normalized spacial score (nSPS) is 18.8. The summed E-state index contributed by atoms with van der Waals surface area (Å²) in [5.41, 5.74) is 4.09. The van der Waals surface area contributed by atoms with Crippen LogP contribution in [0.5, 0.6) is 0 Å². The molecule has 4 nitrogen and oxygen atoms in total. The Kier molecular flexibility index (Phi) is 3.88. The monoisotopic (exact) mass is 340 g/mol. The Labute approximate surface area is 145 Å². The highest BCUT2D eigenvalue weighted by molar-refractivity contribution is 7.12. The summed E-state index contributed by atoms with van der Waals surface area (Å²) in [6.45, 7) is 2.91. The number of nitrogens with zero attached hydrogens (tertiary/aromatic N) is 2. The van der Waals surface area contributed by atoms with Gasteiger partial charge in [0.1, 0.15) is 5.01 Å². The van der Waals surface area contributed by atoms with Gasteiger partial charge in [0.25, 0.3) is 0 Å². The molecule has 2 aliphatic carbocycles. The van der Waals surface area contributed by atoms with Crippen molar-refractivity contribution in [1.82, 2.24) is 9.55 Å². The van der Waals surface area contributed by atoms with Gasteiger partial charge in [0, 0.05) is 6.20 Å². The van der Waals surface area contributed by atoms with Gasteiger partial charge in [-0.2, -0.15) is 0 Å².